The topological polar surface area (TPSA) is 140 Å². The van der Waals surface area contributed by atoms with Crippen molar-refractivity contribution < 1.29 is 27.5 Å². The van der Waals surface area contributed by atoms with Crippen molar-refractivity contribution in [3.8, 4) is 0 Å². The Hall–Kier alpha value is -2.75. The normalized spacial score (nSPS) is 10.7. The minimum atomic E-state index is -5.17. The zero-order valence-corrected chi connectivity index (χ0v) is 14.5. The summed E-state index contributed by atoms with van der Waals surface area (Å²) in [6.45, 7) is 4.03. The minimum absolute atomic E-state index is 1.10. The van der Waals surface area contributed by atoms with Gasteiger partial charge in [-0.15, -0.1) is 0 Å². The van der Waals surface area contributed by atoms with Crippen LogP contribution in [-0.2, 0) is 10.4 Å². The summed E-state index contributed by atoms with van der Waals surface area (Å²) in [6.07, 6.45) is 0. The van der Waals surface area contributed by atoms with E-state index < -0.39 is 10.4 Å². The predicted molar refractivity (Wildman–Crippen MR) is 89.7 cm³/mol. The molecule has 4 N–H and O–H groups in total. The van der Waals surface area contributed by atoms with E-state index in [9.17, 15) is 0 Å². The number of aromatic nitrogens is 4. The van der Waals surface area contributed by atoms with E-state index in [2.05, 4.69) is 44.2 Å². The van der Waals surface area contributed by atoms with E-state index in [0.29, 0.717) is 0 Å². The van der Waals surface area contributed by atoms with E-state index in [0.717, 1.165) is 11.6 Å². The number of hydrogen-bond acceptors (Lipinski definition) is 4. The molecular weight excluding hydrogens is 344 g/mol. The molecule has 0 amide bonds. The van der Waals surface area contributed by atoms with Gasteiger partial charge < -0.3 is 9.11 Å². The largest absolute Gasteiger partial charge is 0.759 e. The van der Waals surface area contributed by atoms with E-state index in [-0.39, 0.29) is 0 Å². The lowest BCUT2D eigenvalue weighted by molar-refractivity contribution is -0.355. The fourth-order valence-corrected chi connectivity index (χ4v) is 2.27. The monoisotopic (exact) mass is 362 g/mol. The van der Waals surface area contributed by atoms with Crippen LogP contribution in [0.4, 0.5) is 0 Å². The van der Waals surface area contributed by atoms with E-state index in [1.54, 1.807) is 0 Å². The van der Waals surface area contributed by atoms with Crippen LogP contribution in [0.3, 0.4) is 0 Å². The van der Waals surface area contributed by atoms with Gasteiger partial charge in [0.25, 0.3) is 0 Å². The highest BCUT2D eigenvalue weighted by Gasteiger charge is 2.02. The van der Waals surface area contributed by atoms with Crippen molar-refractivity contribution in [1.29, 1.82) is 0 Å². The number of aryl methyl sites for hydroxylation is 2. The summed E-state index contributed by atoms with van der Waals surface area (Å²) in [5.74, 6) is 2.20. The maximum absolute atomic E-state index is 8.52. The average Bonchev–Trinajstić information content (AvgIpc) is 3.06. The number of rotatable bonds is 0. The first-order chi connectivity index (χ1) is 11.7. The van der Waals surface area contributed by atoms with Gasteiger partial charge in [0.1, 0.15) is 0 Å². The molecule has 2 aromatic heterocycles. The number of hydrogen-bond donors (Lipinski definition) is 2. The van der Waals surface area contributed by atoms with Gasteiger partial charge >= 0.3 is 0 Å². The Kier molecular flexibility index (Phi) is 5.86. The van der Waals surface area contributed by atoms with Gasteiger partial charge in [-0.3, -0.25) is 8.42 Å². The van der Waals surface area contributed by atoms with Crippen molar-refractivity contribution in [1.82, 2.24) is 9.97 Å². The second-order valence-corrected chi connectivity index (χ2v) is 6.07. The van der Waals surface area contributed by atoms with Gasteiger partial charge in [-0.25, -0.2) is 19.9 Å². The van der Waals surface area contributed by atoms with Gasteiger partial charge in [0.05, 0.1) is 0 Å². The number of H-pyrrole nitrogens is 4. The second kappa shape index (κ2) is 7.88. The molecule has 0 spiro atoms. The van der Waals surface area contributed by atoms with Crippen LogP contribution < -0.4 is 9.97 Å². The lowest BCUT2D eigenvalue weighted by Crippen LogP contribution is -2.00. The van der Waals surface area contributed by atoms with Crippen LogP contribution in [0, 0.1) is 13.8 Å². The summed E-state index contributed by atoms with van der Waals surface area (Å²) >= 11 is 0. The molecule has 0 aliphatic carbocycles. The number of fused-ring (bicyclic) bond motifs is 2. The predicted octanol–water partition coefficient (Wildman–Crippen LogP) is 1.24. The summed E-state index contributed by atoms with van der Waals surface area (Å²) < 4.78 is 34.1. The highest BCUT2D eigenvalue weighted by Crippen LogP contribution is 2.05. The number of benzene rings is 2. The van der Waals surface area contributed by atoms with Gasteiger partial charge in [-0.1, -0.05) is 24.3 Å². The lowest BCUT2D eigenvalue weighted by Gasteiger charge is -2.06. The molecule has 0 atom stereocenters. The van der Waals surface area contributed by atoms with Gasteiger partial charge in [0.2, 0.25) is 11.6 Å². The number of imidazole rings is 2. The summed E-state index contributed by atoms with van der Waals surface area (Å²) in [5.41, 5.74) is 4.67. The summed E-state index contributed by atoms with van der Waals surface area (Å²) in [4.78, 5) is 12.8. The molecule has 25 heavy (non-hydrogen) atoms. The molecule has 0 aliphatic heterocycles. The molecule has 0 bridgehead atoms. The van der Waals surface area contributed by atoms with Gasteiger partial charge in [0.15, 0.2) is 22.1 Å². The summed E-state index contributed by atoms with van der Waals surface area (Å²) in [6, 6.07) is 16.3. The highest BCUT2D eigenvalue weighted by atomic mass is 32.3. The number of aromatic amines is 4. The van der Waals surface area contributed by atoms with Crippen molar-refractivity contribution in [2.45, 2.75) is 13.8 Å². The third-order valence-electron chi connectivity index (χ3n) is 3.14. The highest BCUT2D eigenvalue weighted by molar-refractivity contribution is 7.79. The fraction of sp³-hybridized carbons (Fsp3) is 0.125. The minimum Gasteiger partial charge on any atom is -0.759 e. The quantitative estimate of drug-likeness (QED) is 0.359. The van der Waals surface area contributed by atoms with Crippen LogP contribution in [0.15, 0.2) is 48.5 Å². The maximum atomic E-state index is 8.52. The van der Waals surface area contributed by atoms with E-state index in [1.165, 1.54) is 22.1 Å². The first-order valence-corrected chi connectivity index (χ1v) is 8.65. The molecule has 0 saturated heterocycles. The Morgan fingerprint density at radius 3 is 1.40 bits per heavy atom. The Morgan fingerprint density at radius 1 is 0.760 bits per heavy atom. The number of para-hydroxylation sites is 4. The second-order valence-electron chi connectivity index (χ2n) is 5.25. The van der Waals surface area contributed by atoms with E-state index in [4.69, 9.17) is 17.5 Å². The first kappa shape index (κ1) is 18.6. The van der Waals surface area contributed by atoms with Crippen LogP contribution in [0.5, 0.6) is 0 Å². The molecule has 132 valence electrons. The SMILES string of the molecule is Cc1[nH]c2ccccc2[nH+]1.Cc1[nH]c2ccccc2[nH+]1.O=S(=O)([O-])[O-]. The Morgan fingerprint density at radius 2 is 1.08 bits per heavy atom. The van der Waals surface area contributed by atoms with Crippen molar-refractivity contribution in [2.24, 2.45) is 0 Å². The third-order valence-corrected chi connectivity index (χ3v) is 3.14. The average molecular weight is 362 g/mol. The molecule has 0 unspecified atom stereocenters. The molecule has 4 aromatic rings. The zero-order valence-electron chi connectivity index (χ0n) is 13.7. The van der Waals surface area contributed by atoms with E-state index >= 15 is 0 Å². The van der Waals surface area contributed by atoms with Gasteiger partial charge in [-0.2, -0.15) is 0 Å². The van der Waals surface area contributed by atoms with Crippen LogP contribution >= 0.6 is 0 Å². The Bertz CT molecular complexity index is 924. The fourth-order valence-electron chi connectivity index (χ4n) is 2.27. The molecule has 4 rings (SSSR count). The van der Waals surface area contributed by atoms with Gasteiger partial charge in [0, 0.05) is 24.2 Å². The Balaban J connectivity index is 0.000000144. The molecule has 2 aromatic carbocycles. The number of nitrogens with one attached hydrogen (secondary N) is 4. The maximum Gasteiger partial charge on any atom is 0.249 e. The molecule has 0 aliphatic rings. The molecule has 0 saturated carbocycles. The van der Waals surface area contributed by atoms with Crippen molar-refractivity contribution in [3.63, 3.8) is 0 Å². The van der Waals surface area contributed by atoms with E-state index in [1.807, 2.05) is 38.1 Å². The van der Waals surface area contributed by atoms with Crippen LogP contribution in [0.1, 0.15) is 11.6 Å². The molecule has 9 heteroatoms. The summed E-state index contributed by atoms with van der Waals surface area (Å²) in [5, 5.41) is 0. The van der Waals surface area contributed by atoms with Crippen molar-refractivity contribution in [3.05, 3.63) is 60.2 Å². The first-order valence-electron chi connectivity index (χ1n) is 7.32. The molecule has 8 nitrogen and oxygen atoms in total. The van der Waals surface area contributed by atoms with Gasteiger partial charge in [-0.05, 0) is 24.3 Å². The molecule has 2 heterocycles. The van der Waals surface area contributed by atoms with Crippen molar-refractivity contribution in [2.75, 3.05) is 0 Å². The van der Waals surface area contributed by atoms with Crippen molar-refractivity contribution >= 4 is 32.5 Å². The third kappa shape index (κ3) is 6.34. The smallest absolute Gasteiger partial charge is 0.249 e. The summed E-state index contributed by atoms with van der Waals surface area (Å²) in [7, 11) is -5.17. The molecule has 0 fully saturated rings. The lowest BCUT2D eigenvalue weighted by atomic mass is 10.3. The van der Waals surface area contributed by atoms with Crippen LogP contribution in [0.2, 0.25) is 0 Å². The van der Waals surface area contributed by atoms with Crippen LogP contribution in [-0.4, -0.2) is 27.5 Å². The Labute approximate surface area is 144 Å². The molecule has 0 radical (unpaired) electrons. The molecular formula is C16H18N4O4S. The van der Waals surface area contributed by atoms with Crippen LogP contribution in [0.25, 0.3) is 22.1 Å². The zero-order chi connectivity index (χ0) is 18.4. The standard InChI is InChI=1S/2C8H8N2.H2O4S/c2*1-6-9-7-4-2-3-5-8(7)10-6;1-5(2,3)4/h2*2-5H,1H3,(H,9,10);(H2,1,2,3,4).